The second-order valence-electron chi connectivity index (χ2n) is 4.82. The summed E-state index contributed by atoms with van der Waals surface area (Å²) in [6.45, 7) is 0. The lowest BCUT2D eigenvalue weighted by atomic mass is 10.0. The number of benzene rings is 2. The van der Waals surface area contributed by atoms with E-state index in [0.717, 1.165) is 23.0 Å². The number of ketones is 1. The Balaban J connectivity index is 1.94. The van der Waals surface area contributed by atoms with E-state index < -0.39 is 11.6 Å². The molecule has 0 fully saturated rings. The third-order valence-corrected chi connectivity index (χ3v) is 3.40. The van der Waals surface area contributed by atoms with E-state index in [0.29, 0.717) is 5.69 Å². The first-order valence-electron chi connectivity index (χ1n) is 6.45. The van der Waals surface area contributed by atoms with Gasteiger partial charge < -0.3 is 0 Å². The number of nitrogens with zero attached hydrogens (tertiary/aromatic N) is 2. The van der Waals surface area contributed by atoms with Crippen molar-refractivity contribution < 1.29 is 13.6 Å². The number of aryl methyl sites for hydroxylation is 1. The molecule has 0 aliphatic heterocycles. The number of Topliss-reactive ketones (excluding diaryl/α,β-unsaturated/α-hetero) is 1. The first kappa shape index (κ1) is 13.4. The smallest absolute Gasteiger partial charge is 0.169 e. The zero-order valence-corrected chi connectivity index (χ0v) is 11.3. The molecule has 1 heterocycles. The molecule has 0 aliphatic carbocycles. The molecule has 0 radical (unpaired) electrons. The number of carbonyl (C=O) groups excluding carboxylic acids is 1. The fourth-order valence-corrected chi connectivity index (χ4v) is 2.34. The standard InChI is InChI=1S/C16H12F2N2O/c1-20-15-5-3-2-4-11(15)14(19-20)9-16(21)10-6-7-12(17)13(18)8-10/h2-8H,9H2,1H3. The first-order chi connectivity index (χ1) is 10.1. The minimum absolute atomic E-state index is 0.0480. The second kappa shape index (κ2) is 5.09. The SMILES string of the molecule is Cn1nc(CC(=O)c2ccc(F)c(F)c2)c2ccccc21. The summed E-state index contributed by atoms with van der Waals surface area (Å²) in [5.41, 5.74) is 1.69. The highest BCUT2D eigenvalue weighted by molar-refractivity contribution is 5.99. The Bertz CT molecular complexity index is 839. The van der Waals surface area contributed by atoms with Gasteiger partial charge in [0.1, 0.15) is 0 Å². The van der Waals surface area contributed by atoms with E-state index >= 15 is 0 Å². The highest BCUT2D eigenvalue weighted by atomic mass is 19.2. The van der Waals surface area contributed by atoms with E-state index in [1.807, 2.05) is 24.3 Å². The van der Waals surface area contributed by atoms with Gasteiger partial charge in [-0.05, 0) is 24.3 Å². The average Bonchev–Trinajstić information content (AvgIpc) is 2.79. The van der Waals surface area contributed by atoms with Crippen LogP contribution in [0.4, 0.5) is 8.78 Å². The van der Waals surface area contributed by atoms with Crippen molar-refractivity contribution in [1.82, 2.24) is 9.78 Å². The monoisotopic (exact) mass is 286 g/mol. The van der Waals surface area contributed by atoms with Gasteiger partial charge in [-0.2, -0.15) is 5.10 Å². The van der Waals surface area contributed by atoms with E-state index in [-0.39, 0.29) is 17.8 Å². The molecule has 0 bridgehead atoms. The van der Waals surface area contributed by atoms with Gasteiger partial charge in [-0.1, -0.05) is 18.2 Å². The van der Waals surface area contributed by atoms with Crippen molar-refractivity contribution in [2.45, 2.75) is 6.42 Å². The van der Waals surface area contributed by atoms with Crippen LogP contribution in [0, 0.1) is 11.6 Å². The summed E-state index contributed by atoms with van der Waals surface area (Å²) >= 11 is 0. The zero-order chi connectivity index (χ0) is 15.0. The highest BCUT2D eigenvalue weighted by Gasteiger charge is 2.15. The predicted octanol–water partition coefficient (Wildman–Crippen LogP) is 3.28. The Hall–Kier alpha value is -2.56. The summed E-state index contributed by atoms with van der Waals surface area (Å²) in [7, 11) is 1.80. The van der Waals surface area contributed by atoms with Gasteiger partial charge >= 0.3 is 0 Å². The van der Waals surface area contributed by atoms with Crippen LogP contribution in [0.3, 0.4) is 0 Å². The normalized spacial score (nSPS) is 11.0. The van der Waals surface area contributed by atoms with Crippen LogP contribution in [0.15, 0.2) is 42.5 Å². The Morgan fingerprint density at radius 3 is 2.67 bits per heavy atom. The van der Waals surface area contributed by atoms with Gasteiger partial charge in [0.05, 0.1) is 17.6 Å². The molecule has 3 aromatic rings. The largest absolute Gasteiger partial charge is 0.294 e. The molecule has 3 rings (SSSR count). The van der Waals surface area contributed by atoms with E-state index in [1.54, 1.807) is 11.7 Å². The van der Waals surface area contributed by atoms with Crippen molar-refractivity contribution in [3.63, 3.8) is 0 Å². The molecular weight excluding hydrogens is 274 g/mol. The third kappa shape index (κ3) is 2.42. The van der Waals surface area contributed by atoms with Crippen LogP contribution in [-0.4, -0.2) is 15.6 Å². The van der Waals surface area contributed by atoms with Gasteiger partial charge in [0.25, 0.3) is 0 Å². The van der Waals surface area contributed by atoms with Gasteiger partial charge in [-0.15, -0.1) is 0 Å². The van der Waals surface area contributed by atoms with Crippen LogP contribution in [0.25, 0.3) is 10.9 Å². The number of hydrogen-bond donors (Lipinski definition) is 0. The summed E-state index contributed by atoms with van der Waals surface area (Å²) < 4.78 is 27.8. The van der Waals surface area contributed by atoms with Crippen molar-refractivity contribution in [3.8, 4) is 0 Å². The molecule has 0 saturated carbocycles. The topological polar surface area (TPSA) is 34.9 Å². The summed E-state index contributed by atoms with van der Waals surface area (Å²) in [6.07, 6.45) is 0.0480. The number of rotatable bonds is 3. The van der Waals surface area contributed by atoms with Crippen molar-refractivity contribution in [2.24, 2.45) is 7.05 Å². The molecule has 3 nitrogen and oxygen atoms in total. The molecule has 21 heavy (non-hydrogen) atoms. The molecule has 1 aromatic heterocycles. The molecular formula is C16H12F2N2O. The van der Waals surface area contributed by atoms with Crippen LogP contribution in [-0.2, 0) is 13.5 Å². The van der Waals surface area contributed by atoms with E-state index in [9.17, 15) is 13.6 Å². The fraction of sp³-hybridized carbons (Fsp3) is 0.125. The lowest BCUT2D eigenvalue weighted by molar-refractivity contribution is 0.0991. The van der Waals surface area contributed by atoms with Gasteiger partial charge in [0.15, 0.2) is 17.4 Å². The maximum absolute atomic E-state index is 13.2. The zero-order valence-electron chi connectivity index (χ0n) is 11.3. The summed E-state index contributed by atoms with van der Waals surface area (Å²) in [5, 5.41) is 5.21. The van der Waals surface area contributed by atoms with Crippen molar-refractivity contribution in [3.05, 3.63) is 65.4 Å². The minimum Gasteiger partial charge on any atom is -0.294 e. The van der Waals surface area contributed by atoms with Crippen molar-refractivity contribution in [2.75, 3.05) is 0 Å². The number of fused-ring (bicyclic) bond motifs is 1. The second-order valence-corrected chi connectivity index (χ2v) is 4.82. The Labute approximate surface area is 119 Å². The number of halogens is 2. The van der Waals surface area contributed by atoms with Gasteiger partial charge in [0, 0.05) is 18.0 Å². The maximum atomic E-state index is 13.2. The van der Waals surface area contributed by atoms with Gasteiger partial charge in [0.2, 0.25) is 0 Å². The molecule has 0 amide bonds. The first-order valence-corrected chi connectivity index (χ1v) is 6.45. The average molecular weight is 286 g/mol. The van der Waals surface area contributed by atoms with Crippen molar-refractivity contribution >= 4 is 16.7 Å². The lowest BCUT2D eigenvalue weighted by Gasteiger charge is -2.00. The molecule has 0 atom stereocenters. The number of hydrogen-bond acceptors (Lipinski definition) is 2. The van der Waals surface area contributed by atoms with E-state index in [4.69, 9.17) is 0 Å². The van der Waals surface area contributed by atoms with Crippen LogP contribution >= 0.6 is 0 Å². The summed E-state index contributed by atoms with van der Waals surface area (Å²) in [5.74, 6) is -2.28. The lowest BCUT2D eigenvalue weighted by Crippen LogP contribution is -2.06. The maximum Gasteiger partial charge on any atom is 0.169 e. The van der Waals surface area contributed by atoms with Gasteiger partial charge in [-0.3, -0.25) is 9.48 Å². The van der Waals surface area contributed by atoms with Crippen molar-refractivity contribution in [1.29, 1.82) is 0 Å². The Morgan fingerprint density at radius 2 is 1.90 bits per heavy atom. The fourth-order valence-electron chi connectivity index (χ4n) is 2.34. The summed E-state index contributed by atoms with van der Waals surface area (Å²) in [4.78, 5) is 12.2. The summed E-state index contributed by atoms with van der Waals surface area (Å²) in [6, 6.07) is 10.7. The van der Waals surface area contributed by atoms with E-state index in [2.05, 4.69) is 5.10 Å². The molecule has 0 N–H and O–H groups in total. The van der Waals surface area contributed by atoms with Crippen LogP contribution in [0.5, 0.6) is 0 Å². The Morgan fingerprint density at radius 1 is 1.14 bits per heavy atom. The highest BCUT2D eigenvalue weighted by Crippen LogP contribution is 2.19. The molecule has 106 valence electrons. The number of aromatic nitrogens is 2. The number of para-hydroxylation sites is 1. The van der Waals surface area contributed by atoms with E-state index in [1.165, 1.54) is 6.07 Å². The molecule has 0 unspecified atom stereocenters. The molecule has 2 aromatic carbocycles. The third-order valence-electron chi connectivity index (χ3n) is 3.40. The van der Waals surface area contributed by atoms with Crippen LogP contribution in [0.1, 0.15) is 16.1 Å². The molecule has 0 aliphatic rings. The quantitative estimate of drug-likeness (QED) is 0.693. The predicted molar refractivity (Wildman–Crippen MR) is 75.1 cm³/mol. The van der Waals surface area contributed by atoms with Crippen LogP contribution < -0.4 is 0 Å². The molecule has 5 heteroatoms. The Kier molecular flexibility index (Phi) is 3.25. The van der Waals surface area contributed by atoms with Crippen LogP contribution in [0.2, 0.25) is 0 Å². The number of carbonyl (C=O) groups is 1. The minimum atomic E-state index is -1.02. The van der Waals surface area contributed by atoms with Gasteiger partial charge in [-0.25, -0.2) is 8.78 Å². The molecule has 0 spiro atoms. The molecule has 0 saturated heterocycles.